The van der Waals surface area contributed by atoms with E-state index in [0.717, 1.165) is 11.4 Å². The molecule has 0 saturated heterocycles. The van der Waals surface area contributed by atoms with Gasteiger partial charge in [-0.1, -0.05) is 261 Å². The van der Waals surface area contributed by atoms with E-state index in [0.29, 0.717) is 0 Å². The molecule has 0 fully saturated rings. The molecular formula is C82H54N2Si. The lowest BCUT2D eigenvalue weighted by molar-refractivity contribution is 0.761. The zero-order chi connectivity index (χ0) is 55.5. The molecule has 6 aliphatic carbocycles. The molecule has 2 heterocycles. The van der Waals surface area contributed by atoms with E-state index in [2.05, 4.69) is 312 Å². The van der Waals surface area contributed by atoms with Gasteiger partial charge in [0.25, 0.3) is 0 Å². The van der Waals surface area contributed by atoms with Crippen LogP contribution >= 0.6 is 0 Å². The van der Waals surface area contributed by atoms with E-state index in [1.165, 1.54) is 142 Å². The third-order valence-electron chi connectivity index (χ3n) is 20.2. The Morgan fingerprint density at radius 2 is 0.565 bits per heavy atom. The monoisotopic (exact) mass is 1090 g/mol. The van der Waals surface area contributed by atoms with E-state index in [4.69, 9.17) is 0 Å². The minimum absolute atomic E-state index is 0.126. The number of benzene rings is 13. The number of hydrogen-bond acceptors (Lipinski definition) is 0. The zero-order valence-corrected chi connectivity index (χ0v) is 47.6. The molecule has 2 aromatic heterocycles. The van der Waals surface area contributed by atoms with E-state index in [1.54, 1.807) is 0 Å². The Bertz CT molecular complexity index is 4850. The SMILES string of the molecule is c1ccc([Si](c2ccccc2)(c2ccccc2)c2cccc(-c3cc(-n4c5ccccc5c5c6c(ccc54)C4c5ccccc5C6c5ccccc54)cc(-n4c5ccccc5c5c6c(ccc54)C4c5ccccc5C6c5ccccc54)c3)c2)cc1. The van der Waals surface area contributed by atoms with Crippen molar-refractivity contribution in [2.45, 2.75) is 23.7 Å². The van der Waals surface area contributed by atoms with Crippen LogP contribution in [0, 0.1) is 0 Å². The van der Waals surface area contributed by atoms with Crippen molar-refractivity contribution in [1.82, 2.24) is 9.13 Å². The summed E-state index contributed by atoms with van der Waals surface area (Å²) >= 11 is 0. The molecular weight excluding hydrogens is 1040 g/mol. The van der Waals surface area contributed by atoms with Gasteiger partial charge in [-0.05, 0) is 141 Å². The molecule has 85 heavy (non-hydrogen) atoms. The topological polar surface area (TPSA) is 9.86 Å². The summed E-state index contributed by atoms with van der Waals surface area (Å²) in [6.07, 6.45) is 0. The predicted octanol–water partition coefficient (Wildman–Crippen LogP) is 16.9. The summed E-state index contributed by atoms with van der Waals surface area (Å²) in [5, 5.41) is 10.7. The molecule has 6 aliphatic rings. The summed E-state index contributed by atoms with van der Waals surface area (Å²) in [7, 11) is -2.90. The van der Waals surface area contributed by atoms with Gasteiger partial charge in [-0.3, -0.25) is 0 Å². The molecule has 0 spiro atoms. The number of fused-ring (bicyclic) bond motifs is 6. The van der Waals surface area contributed by atoms with Crippen LogP contribution in [0.3, 0.4) is 0 Å². The van der Waals surface area contributed by atoms with Crippen LogP contribution in [0.5, 0.6) is 0 Å². The predicted molar refractivity (Wildman–Crippen MR) is 354 cm³/mol. The fraction of sp³-hybridized carbons (Fsp3) is 0.0488. The highest BCUT2D eigenvalue weighted by Gasteiger charge is 2.45. The standard InChI is InChI=1S/C82H54N2Si/c1-4-24-55(25-5-1)85(56-26-6-2-7-27-56,57-28-8-3-9-29-57)58-30-22-23-51(49-58)52-47-53(83-71-41-20-18-39-67(71)79-73(83)45-43-69-75-59-31-10-14-35-63(59)77(81(69)79)64-36-15-11-32-60(64)75)50-54(48-52)84-72-42-21-19-40-68(72)80-74(84)46-44-70-76-61-33-12-16-37-65(61)78(82(70)80)66-38-17-13-34-62(66)76/h1-50,75-78H. The first-order chi connectivity index (χ1) is 42.2. The van der Waals surface area contributed by atoms with Crippen molar-refractivity contribution in [3.63, 3.8) is 0 Å². The lowest BCUT2D eigenvalue weighted by Gasteiger charge is -2.42. The third kappa shape index (κ3) is 6.37. The number of para-hydroxylation sites is 2. The molecule has 396 valence electrons. The van der Waals surface area contributed by atoms with E-state index in [1.807, 2.05) is 0 Å². The van der Waals surface area contributed by atoms with Crippen LogP contribution in [0.1, 0.15) is 90.4 Å². The van der Waals surface area contributed by atoms with Crippen LogP contribution in [0.15, 0.2) is 303 Å². The molecule has 0 unspecified atom stereocenters. The summed E-state index contributed by atoms with van der Waals surface area (Å²) < 4.78 is 5.20. The van der Waals surface area contributed by atoms with Gasteiger partial charge in [0.05, 0.1) is 22.1 Å². The summed E-state index contributed by atoms with van der Waals surface area (Å²) in [4.78, 5) is 0. The second-order valence-corrected chi connectivity index (χ2v) is 27.9. The van der Waals surface area contributed by atoms with Crippen LogP contribution in [0.2, 0.25) is 0 Å². The average molecular weight is 1100 g/mol. The van der Waals surface area contributed by atoms with Crippen molar-refractivity contribution in [3.8, 4) is 22.5 Å². The van der Waals surface area contributed by atoms with E-state index in [-0.39, 0.29) is 23.7 Å². The van der Waals surface area contributed by atoms with Gasteiger partial charge in [0, 0.05) is 56.6 Å². The van der Waals surface area contributed by atoms with E-state index in [9.17, 15) is 0 Å². The fourth-order valence-corrected chi connectivity index (χ4v) is 21.8. The third-order valence-corrected chi connectivity index (χ3v) is 24.9. The Morgan fingerprint density at radius 3 is 0.965 bits per heavy atom. The highest BCUT2D eigenvalue weighted by molar-refractivity contribution is 7.19. The van der Waals surface area contributed by atoms with Gasteiger partial charge >= 0.3 is 0 Å². The molecule has 4 bridgehead atoms. The molecule has 0 saturated carbocycles. The molecule has 0 atom stereocenters. The highest BCUT2D eigenvalue weighted by atomic mass is 28.3. The quantitative estimate of drug-likeness (QED) is 0.111. The number of aromatic nitrogens is 2. The summed E-state index contributed by atoms with van der Waals surface area (Å²) in [5.41, 5.74) is 26.7. The largest absolute Gasteiger partial charge is 0.309 e. The van der Waals surface area contributed by atoms with Crippen molar-refractivity contribution in [3.05, 3.63) is 370 Å². The summed E-state index contributed by atoms with van der Waals surface area (Å²) in [6, 6.07) is 116. The fourth-order valence-electron chi connectivity index (χ4n) is 17.0. The number of rotatable bonds is 7. The molecule has 2 nitrogen and oxygen atoms in total. The lowest BCUT2D eigenvalue weighted by Crippen LogP contribution is -2.74. The average Bonchev–Trinajstić information content (AvgIpc) is 1.89. The van der Waals surface area contributed by atoms with Gasteiger partial charge in [-0.2, -0.15) is 0 Å². The van der Waals surface area contributed by atoms with Crippen LogP contribution < -0.4 is 20.7 Å². The maximum Gasteiger partial charge on any atom is 0.179 e. The smallest absolute Gasteiger partial charge is 0.179 e. The van der Waals surface area contributed by atoms with Gasteiger partial charge in [-0.15, -0.1) is 0 Å². The maximum absolute atomic E-state index is 2.90. The molecule has 0 N–H and O–H groups in total. The van der Waals surface area contributed by atoms with Crippen LogP contribution in [-0.4, -0.2) is 17.2 Å². The minimum Gasteiger partial charge on any atom is -0.309 e. The molecule has 0 radical (unpaired) electrons. The first-order valence-electron chi connectivity index (χ1n) is 30.1. The van der Waals surface area contributed by atoms with Gasteiger partial charge in [0.1, 0.15) is 0 Å². The van der Waals surface area contributed by atoms with Gasteiger partial charge in [0.15, 0.2) is 8.07 Å². The molecule has 15 aromatic rings. The number of hydrogen-bond donors (Lipinski definition) is 0. The molecule has 21 rings (SSSR count). The van der Waals surface area contributed by atoms with Crippen molar-refractivity contribution >= 4 is 72.4 Å². The molecule has 0 aliphatic heterocycles. The normalized spacial score (nSPS) is 16.7. The summed E-state index contributed by atoms with van der Waals surface area (Å²) in [5.74, 6) is 0.609. The zero-order valence-electron chi connectivity index (χ0n) is 46.6. The van der Waals surface area contributed by atoms with E-state index >= 15 is 0 Å². The Morgan fingerprint density at radius 1 is 0.224 bits per heavy atom. The Balaban J connectivity index is 0.901. The maximum atomic E-state index is 2.60. The lowest BCUT2D eigenvalue weighted by atomic mass is 9.60. The van der Waals surface area contributed by atoms with Crippen molar-refractivity contribution in [2.24, 2.45) is 0 Å². The van der Waals surface area contributed by atoms with Gasteiger partial charge in [-0.25, -0.2) is 0 Å². The number of nitrogens with zero attached hydrogens (tertiary/aromatic N) is 2. The minimum atomic E-state index is -2.90. The first kappa shape index (κ1) is 47.2. The Labute approximate surface area is 494 Å². The first-order valence-corrected chi connectivity index (χ1v) is 32.1. The Hall–Kier alpha value is -10.3. The van der Waals surface area contributed by atoms with Crippen molar-refractivity contribution in [1.29, 1.82) is 0 Å². The second-order valence-electron chi connectivity index (χ2n) is 24.0. The van der Waals surface area contributed by atoms with E-state index < -0.39 is 8.07 Å². The molecule has 3 heteroatoms. The van der Waals surface area contributed by atoms with Gasteiger partial charge < -0.3 is 9.13 Å². The summed E-state index contributed by atoms with van der Waals surface area (Å²) in [6.45, 7) is 0. The molecule has 0 amide bonds. The Kier molecular flexibility index (Phi) is 9.91. The highest BCUT2D eigenvalue weighted by Crippen LogP contribution is 2.60. The second kappa shape index (κ2) is 17.8. The molecule has 13 aromatic carbocycles. The van der Waals surface area contributed by atoms with Crippen LogP contribution in [0.25, 0.3) is 66.1 Å². The van der Waals surface area contributed by atoms with Crippen LogP contribution in [0.4, 0.5) is 0 Å². The van der Waals surface area contributed by atoms with Crippen molar-refractivity contribution in [2.75, 3.05) is 0 Å². The van der Waals surface area contributed by atoms with Gasteiger partial charge in [0.2, 0.25) is 0 Å². The van der Waals surface area contributed by atoms with Crippen LogP contribution in [-0.2, 0) is 0 Å². The van der Waals surface area contributed by atoms with Crippen molar-refractivity contribution < 1.29 is 0 Å².